The molecule has 2 atom stereocenters. The summed E-state index contributed by atoms with van der Waals surface area (Å²) in [7, 11) is 1.60. The lowest BCUT2D eigenvalue weighted by molar-refractivity contribution is -0.118. The molecular formula is C23H32N2O2. The maximum atomic E-state index is 12.7. The van der Waals surface area contributed by atoms with Crippen molar-refractivity contribution in [3.05, 3.63) is 59.7 Å². The Hall–Kier alpha value is -2.33. The molecule has 0 aliphatic heterocycles. The van der Waals surface area contributed by atoms with Crippen LogP contribution in [0, 0.1) is 5.92 Å². The van der Waals surface area contributed by atoms with E-state index in [9.17, 15) is 4.79 Å². The van der Waals surface area contributed by atoms with Crippen LogP contribution >= 0.6 is 0 Å². The smallest absolute Gasteiger partial charge is 0.241 e. The van der Waals surface area contributed by atoms with E-state index in [0.717, 1.165) is 0 Å². The predicted octanol–water partition coefficient (Wildman–Crippen LogP) is 5.13. The maximum Gasteiger partial charge on any atom is 0.241 e. The van der Waals surface area contributed by atoms with Gasteiger partial charge >= 0.3 is 0 Å². The average Bonchev–Trinajstić information content (AvgIpc) is 2.66. The fourth-order valence-electron chi connectivity index (χ4n) is 3.10. The van der Waals surface area contributed by atoms with Gasteiger partial charge in [0.05, 0.1) is 18.8 Å². The zero-order chi connectivity index (χ0) is 20.0. The Kier molecular flexibility index (Phi) is 7.43. The molecular weight excluding hydrogens is 336 g/mol. The Balaban J connectivity index is 2.09. The van der Waals surface area contributed by atoms with Crippen molar-refractivity contribution >= 4 is 11.6 Å². The minimum absolute atomic E-state index is 0.0797. The third-order valence-electron chi connectivity index (χ3n) is 4.82. The molecule has 0 aliphatic carbocycles. The number of anilines is 1. The van der Waals surface area contributed by atoms with Crippen molar-refractivity contribution in [1.29, 1.82) is 0 Å². The molecule has 2 N–H and O–H groups in total. The van der Waals surface area contributed by atoms with Gasteiger partial charge in [0.2, 0.25) is 5.91 Å². The summed E-state index contributed by atoms with van der Waals surface area (Å²) in [5, 5.41) is 6.44. The van der Waals surface area contributed by atoms with Crippen molar-refractivity contribution in [2.45, 2.75) is 52.6 Å². The highest BCUT2D eigenvalue weighted by Gasteiger charge is 2.22. The molecule has 0 saturated carbocycles. The summed E-state index contributed by atoms with van der Waals surface area (Å²) in [5.74, 6) is 1.44. The van der Waals surface area contributed by atoms with Gasteiger partial charge in [0.1, 0.15) is 5.75 Å². The summed E-state index contributed by atoms with van der Waals surface area (Å²) < 4.78 is 5.31. The van der Waals surface area contributed by atoms with Gasteiger partial charge in [-0.05, 0) is 42.0 Å². The molecule has 0 aromatic heterocycles. The highest BCUT2D eigenvalue weighted by molar-refractivity contribution is 5.95. The van der Waals surface area contributed by atoms with E-state index >= 15 is 0 Å². The van der Waals surface area contributed by atoms with Gasteiger partial charge in [-0.3, -0.25) is 10.1 Å². The number of rotatable bonds is 8. The first-order valence-electron chi connectivity index (χ1n) is 9.63. The molecule has 2 rings (SSSR count). The Morgan fingerprint density at radius 3 is 2.04 bits per heavy atom. The first-order valence-corrected chi connectivity index (χ1v) is 9.63. The zero-order valence-electron chi connectivity index (χ0n) is 17.2. The van der Waals surface area contributed by atoms with Crippen molar-refractivity contribution in [2.24, 2.45) is 5.92 Å². The minimum Gasteiger partial charge on any atom is -0.495 e. The van der Waals surface area contributed by atoms with Crippen LogP contribution in [0.2, 0.25) is 0 Å². The molecule has 4 nitrogen and oxygen atoms in total. The first kappa shape index (κ1) is 21.0. The van der Waals surface area contributed by atoms with E-state index in [1.54, 1.807) is 7.11 Å². The highest BCUT2D eigenvalue weighted by Crippen LogP contribution is 2.26. The predicted molar refractivity (Wildman–Crippen MR) is 112 cm³/mol. The molecule has 0 saturated heterocycles. The average molecular weight is 369 g/mol. The number of benzene rings is 2. The van der Waals surface area contributed by atoms with Gasteiger partial charge in [-0.25, -0.2) is 0 Å². The van der Waals surface area contributed by atoms with Gasteiger partial charge in [0.15, 0.2) is 0 Å². The molecule has 146 valence electrons. The SMILES string of the molecule is COc1ccccc1NC(=O)[C@H](C)N[C@H](c1ccc(C(C)C)cc1)C(C)C. The van der Waals surface area contributed by atoms with E-state index in [1.807, 2.05) is 31.2 Å². The summed E-state index contributed by atoms with van der Waals surface area (Å²) in [6.07, 6.45) is 0. The van der Waals surface area contributed by atoms with Crippen molar-refractivity contribution in [3.63, 3.8) is 0 Å². The number of methoxy groups -OCH3 is 1. The molecule has 0 spiro atoms. The number of hydrogen-bond donors (Lipinski definition) is 2. The van der Waals surface area contributed by atoms with E-state index in [0.29, 0.717) is 23.3 Å². The van der Waals surface area contributed by atoms with E-state index in [4.69, 9.17) is 4.74 Å². The van der Waals surface area contributed by atoms with Gasteiger partial charge in [-0.15, -0.1) is 0 Å². The quantitative estimate of drug-likeness (QED) is 0.679. The van der Waals surface area contributed by atoms with Gasteiger partial charge in [-0.1, -0.05) is 64.1 Å². The molecule has 0 radical (unpaired) electrons. The summed E-state index contributed by atoms with van der Waals surface area (Å²) in [6, 6.07) is 15.9. The van der Waals surface area contributed by atoms with Crippen LogP contribution in [0.1, 0.15) is 57.7 Å². The van der Waals surface area contributed by atoms with Gasteiger partial charge < -0.3 is 10.1 Å². The fourth-order valence-corrected chi connectivity index (χ4v) is 3.10. The van der Waals surface area contributed by atoms with E-state index in [2.05, 4.69) is 62.6 Å². The summed E-state index contributed by atoms with van der Waals surface area (Å²) in [4.78, 5) is 12.7. The van der Waals surface area contributed by atoms with Crippen molar-refractivity contribution in [2.75, 3.05) is 12.4 Å². The summed E-state index contributed by atoms with van der Waals surface area (Å²) in [6.45, 7) is 10.6. The van der Waals surface area contributed by atoms with Crippen molar-refractivity contribution in [1.82, 2.24) is 5.32 Å². The summed E-state index contributed by atoms with van der Waals surface area (Å²) in [5.41, 5.74) is 3.20. The van der Waals surface area contributed by atoms with E-state index in [1.165, 1.54) is 11.1 Å². The molecule has 1 amide bonds. The number of carbonyl (C=O) groups is 1. The molecule has 2 aromatic rings. The minimum atomic E-state index is -0.341. The van der Waals surface area contributed by atoms with Crippen LogP contribution in [-0.2, 0) is 4.79 Å². The first-order chi connectivity index (χ1) is 12.8. The second-order valence-corrected chi connectivity index (χ2v) is 7.62. The van der Waals surface area contributed by atoms with Gasteiger partial charge in [0.25, 0.3) is 0 Å². The van der Waals surface area contributed by atoms with Crippen LogP contribution in [0.15, 0.2) is 48.5 Å². The molecule has 0 unspecified atom stereocenters. The van der Waals surface area contributed by atoms with Crippen molar-refractivity contribution in [3.8, 4) is 5.75 Å². The molecule has 0 aliphatic rings. The van der Waals surface area contributed by atoms with Gasteiger partial charge in [-0.2, -0.15) is 0 Å². The molecule has 0 heterocycles. The molecule has 4 heteroatoms. The van der Waals surface area contributed by atoms with Crippen LogP contribution in [0.4, 0.5) is 5.69 Å². The Bertz CT molecular complexity index is 738. The van der Waals surface area contributed by atoms with E-state index in [-0.39, 0.29) is 18.0 Å². The van der Waals surface area contributed by atoms with Gasteiger partial charge in [0, 0.05) is 6.04 Å². The normalized spacial score (nSPS) is 13.5. The van der Waals surface area contributed by atoms with Crippen LogP contribution < -0.4 is 15.4 Å². The zero-order valence-corrected chi connectivity index (χ0v) is 17.2. The lowest BCUT2D eigenvalue weighted by atomic mass is 9.93. The topological polar surface area (TPSA) is 50.4 Å². The fraction of sp³-hybridized carbons (Fsp3) is 0.435. The lowest BCUT2D eigenvalue weighted by Crippen LogP contribution is -2.41. The third-order valence-corrected chi connectivity index (χ3v) is 4.82. The maximum absolute atomic E-state index is 12.7. The highest BCUT2D eigenvalue weighted by atomic mass is 16.5. The van der Waals surface area contributed by atoms with Crippen LogP contribution in [0.25, 0.3) is 0 Å². The standard InChI is InChI=1S/C23H32N2O2/c1-15(2)18-11-13-19(14-12-18)22(16(3)4)24-17(5)23(26)25-20-9-7-8-10-21(20)27-6/h7-17,22,24H,1-6H3,(H,25,26)/t17-,22-/m0/s1. The number of hydrogen-bond acceptors (Lipinski definition) is 3. The Labute approximate surface area is 163 Å². The number of nitrogens with one attached hydrogen (secondary N) is 2. The monoisotopic (exact) mass is 368 g/mol. The summed E-state index contributed by atoms with van der Waals surface area (Å²) >= 11 is 0. The second-order valence-electron chi connectivity index (χ2n) is 7.62. The van der Waals surface area contributed by atoms with Crippen LogP contribution in [0.5, 0.6) is 5.75 Å². The van der Waals surface area contributed by atoms with E-state index < -0.39 is 0 Å². The molecule has 0 bridgehead atoms. The number of carbonyl (C=O) groups excluding carboxylic acids is 1. The van der Waals surface area contributed by atoms with Crippen LogP contribution in [-0.4, -0.2) is 19.1 Å². The number of para-hydroxylation sites is 2. The molecule has 27 heavy (non-hydrogen) atoms. The number of amides is 1. The third kappa shape index (κ3) is 5.57. The largest absolute Gasteiger partial charge is 0.495 e. The Morgan fingerprint density at radius 1 is 0.889 bits per heavy atom. The second kappa shape index (κ2) is 9.56. The lowest BCUT2D eigenvalue weighted by Gasteiger charge is -2.27. The van der Waals surface area contributed by atoms with Crippen LogP contribution in [0.3, 0.4) is 0 Å². The van der Waals surface area contributed by atoms with Crippen molar-refractivity contribution < 1.29 is 9.53 Å². The molecule has 0 fully saturated rings. The Morgan fingerprint density at radius 2 is 1.48 bits per heavy atom. The molecule has 2 aromatic carbocycles. The number of ether oxygens (including phenoxy) is 1.